The topological polar surface area (TPSA) is 110 Å². The average Bonchev–Trinajstić information content (AvgIpc) is 3.06. The van der Waals surface area contributed by atoms with Gasteiger partial charge in [0.15, 0.2) is 0 Å². The second-order valence-electron chi connectivity index (χ2n) is 8.28. The van der Waals surface area contributed by atoms with Gasteiger partial charge in [0.05, 0.1) is 10.6 Å². The van der Waals surface area contributed by atoms with E-state index in [1.165, 1.54) is 23.1 Å². The molecule has 0 bridgehead atoms. The molecular weight excluding hydrogens is 398 g/mol. The highest BCUT2D eigenvalue weighted by atomic mass is 16.6. The number of rotatable bonds is 8. The van der Waals surface area contributed by atoms with Crippen LogP contribution in [0.5, 0.6) is 0 Å². The van der Waals surface area contributed by atoms with Gasteiger partial charge >= 0.3 is 0 Å². The number of aryl methyl sites for hydroxylation is 1. The van der Waals surface area contributed by atoms with Crippen molar-refractivity contribution in [3.8, 4) is 0 Å². The van der Waals surface area contributed by atoms with Gasteiger partial charge in [-0.2, -0.15) is 5.10 Å². The van der Waals surface area contributed by atoms with Crippen LogP contribution < -0.4 is 5.32 Å². The summed E-state index contributed by atoms with van der Waals surface area (Å²) < 4.78 is 1.61. The Labute approximate surface area is 181 Å². The van der Waals surface area contributed by atoms with Gasteiger partial charge < -0.3 is 10.2 Å². The molecule has 0 atom stereocenters. The van der Waals surface area contributed by atoms with Crippen LogP contribution in [0.15, 0.2) is 36.4 Å². The predicted molar refractivity (Wildman–Crippen MR) is 120 cm³/mol. The summed E-state index contributed by atoms with van der Waals surface area (Å²) in [4.78, 5) is 36.9. The van der Waals surface area contributed by atoms with Crippen molar-refractivity contribution in [3.63, 3.8) is 0 Å². The summed E-state index contributed by atoms with van der Waals surface area (Å²) >= 11 is 0. The Morgan fingerprint density at radius 1 is 1.26 bits per heavy atom. The molecule has 2 aromatic rings. The summed E-state index contributed by atoms with van der Waals surface area (Å²) in [5.41, 5.74) is 1.35. The molecule has 1 aromatic heterocycles. The van der Waals surface area contributed by atoms with Gasteiger partial charge in [0, 0.05) is 43.3 Å². The molecule has 0 saturated carbocycles. The van der Waals surface area contributed by atoms with Crippen molar-refractivity contribution in [2.45, 2.75) is 39.5 Å². The summed E-state index contributed by atoms with van der Waals surface area (Å²) in [6.45, 7) is 8.39. The van der Waals surface area contributed by atoms with Crippen molar-refractivity contribution in [2.24, 2.45) is 7.05 Å². The van der Waals surface area contributed by atoms with Crippen molar-refractivity contribution in [2.75, 3.05) is 18.4 Å². The Hall–Kier alpha value is -3.49. The molecule has 0 aliphatic rings. The van der Waals surface area contributed by atoms with E-state index in [4.69, 9.17) is 0 Å². The second kappa shape index (κ2) is 10.0. The number of carbonyl (C=O) groups excluding carboxylic acids is 2. The minimum absolute atomic E-state index is 0.0162. The Kier molecular flexibility index (Phi) is 7.68. The first-order valence-electron chi connectivity index (χ1n) is 10.1. The molecule has 0 unspecified atom stereocenters. The van der Waals surface area contributed by atoms with Gasteiger partial charge in [-0.3, -0.25) is 24.4 Å². The molecule has 9 nitrogen and oxygen atoms in total. The highest BCUT2D eigenvalue weighted by Gasteiger charge is 2.21. The molecule has 2 amide bonds. The van der Waals surface area contributed by atoms with E-state index in [-0.39, 0.29) is 29.5 Å². The van der Waals surface area contributed by atoms with Crippen LogP contribution in [0.1, 0.15) is 45.4 Å². The highest BCUT2D eigenvalue weighted by Crippen LogP contribution is 2.23. The Morgan fingerprint density at radius 2 is 1.90 bits per heavy atom. The molecular formula is C22H29N5O4. The number of nitro benzene ring substituents is 1. The SMILES string of the molecule is CCCN(CC(=O)Nc1cc(C(C)(C)C)nn1C)C(=O)/C=C/c1ccc([N+](=O)[O-])cc1. The van der Waals surface area contributed by atoms with Crippen molar-refractivity contribution in [1.82, 2.24) is 14.7 Å². The van der Waals surface area contributed by atoms with Gasteiger partial charge in [-0.15, -0.1) is 0 Å². The number of hydrogen-bond acceptors (Lipinski definition) is 5. The first-order valence-corrected chi connectivity index (χ1v) is 10.1. The highest BCUT2D eigenvalue weighted by molar-refractivity contribution is 5.97. The van der Waals surface area contributed by atoms with E-state index in [0.29, 0.717) is 24.3 Å². The van der Waals surface area contributed by atoms with E-state index in [1.807, 2.05) is 33.8 Å². The molecule has 1 N–H and O–H groups in total. The van der Waals surface area contributed by atoms with Gasteiger partial charge in [0.1, 0.15) is 12.4 Å². The summed E-state index contributed by atoms with van der Waals surface area (Å²) in [6, 6.07) is 7.71. The minimum atomic E-state index is -0.479. The third-order valence-electron chi connectivity index (χ3n) is 4.58. The zero-order valence-electron chi connectivity index (χ0n) is 18.6. The normalized spacial score (nSPS) is 11.5. The van der Waals surface area contributed by atoms with Crippen molar-refractivity contribution >= 4 is 29.4 Å². The van der Waals surface area contributed by atoms with Gasteiger partial charge in [0.25, 0.3) is 5.69 Å². The second-order valence-corrected chi connectivity index (χ2v) is 8.28. The molecule has 0 aliphatic heterocycles. The number of carbonyl (C=O) groups is 2. The lowest BCUT2D eigenvalue weighted by Gasteiger charge is -2.20. The Balaban J connectivity index is 2.04. The maximum absolute atomic E-state index is 12.6. The van der Waals surface area contributed by atoms with E-state index in [9.17, 15) is 19.7 Å². The number of nitrogens with zero attached hydrogens (tertiary/aromatic N) is 4. The molecule has 0 aliphatic carbocycles. The zero-order valence-corrected chi connectivity index (χ0v) is 18.6. The lowest BCUT2D eigenvalue weighted by molar-refractivity contribution is -0.384. The van der Waals surface area contributed by atoms with Crippen LogP contribution in [-0.2, 0) is 22.1 Å². The maximum atomic E-state index is 12.6. The van der Waals surface area contributed by atoms with Crippen LogP contribution in [0.3, 0.4) is 0 Å². The first-order chi connectivity index (χ1) is 14.5. The summed E-state index contributed by atoms with van der Waals surface area (Å²) in [5, 5.41) is 18.0. The molecule has 0 spiro atoms. The number of anilines is 1. The molecule has 31 heavy (non-hydrogen) atoms. The third kappa shape index (κ3) is 6.77. The zero-order chi connectivity index (χ0) is 23.2. The number of amides is 2. The standard InChI is InChI=1S/C22H29N5O4/c1-6-13-26(21(29)12-9-16-7-10-17(11-8-16)27(30)31)15-20(28)23-19-14-18(22(2,3)4)24-25(19)5/h7-12,14H,6,13,15H2,1-5H3,(H,23,28)/b12-9+. The lowest BCUT2D eigenvalue weighted by atomic mass is 9.92. The number of hydrogen-bond donors (Lipinski definition) is 1. The van der Waals surface area contributed by atoms with Crippen LogP contribution >= 0.6 is 0 Å². The van der Waals surface area contributed by atoms with Crippen LogP contribution in [0.25, 0.3) is 6.08 Å². The number of aromatic nitrogens is 2. The van der Waals surface area contributed by atoms with Crippen molar-refractivity contribution in [1.29, 1.82) is 0 Å². The lowest BCUT2D eigenvalue weighted by Crippen LogP contribution is -2.37. The predicted octanol–water partition coefficient (Wildman–Crippen LogP) is 3.52. The smallest absolute Gasteiger partial charge is 0.269 e. The molecule has 0 fully saturated rings. The molecule has 0 saturated heterocycles. The maximum Gasteiger partial charge on any atom is 0.269 e. The number of nitrogens with one attached hydrogen (secondary N) is 1. The first kappa shape index (κ1) is 23.8. The summed E-state index contributed by atoms with van der Waals surface area (Å²) in [7, 11) is 1.76. The third-order valence-corrected chi connectivity index (χ3v) is 4.58. The van der Waals surface area contributed by atoms with Crippen LogP contribution in [0.4, 0.5) is 11.5 Å². The molecule has 166 valence electrons. The molecule has 0 radical (unpaired) electrons. The van der Waals surface area contributed by atoms with Crippen molar-refractivity contribution in [3.05, 3.63) is 57.8 Å². The molecule has 2 rings (SSSR count). The van der Waals surface area contributed by atoms with E-state index >= 15 is 0 Å². The van der Waals surface area contributed by atoms with Crippen molar-refractivity contribution < 1.29 is 14.5 Å². The Morgan fingerprint density at radius 3 is 2.42 bits per heavy atom. The van der Waals surface area contributed by atoms with E-state index < -0.39 is 4.92 Å². The molecule has 1 aromatic carbocycles. The largest absolute Gasteiger partial charge is 0.330 e. The van der Waals surface area contributed by atoms with Gasteiger partial charge in [-0.25, -0.2) is 0 Å². The van der Waals surface area contributed by atoms with Gasteiger partial charge in [0.2, 0.25) is 11.8 Å². The van der Waals surface area contributed by atoms with Crippen LogP contribution in [0, 0.1) is 10.1 Å². The van der Waals surface area contributed by atoms with Crippen LogP contribution in [0.2, 0.25) is 0 Å². The fourth-order valence-electron chi connectivity index (χ4n) is 2.82. The summed E-state index contributed by atoms with van der Waals surface area (Å²) in [5.74, 6) is -0.0509. The fourth-order valence-corrected chi connectivity index (χ4v) is 2.82. The fraction of sp³-hybridized carbons (Fsp3) is 0.409. The van der Waals surface area contributed by atoms with Gasteiger partial charge in [-0.1, -0.05) is 27.7 Å². The summed E-state index contributed by atoms with van der Waals surface area (Å²) in [6.07, 6.45) is 3.64. The monoisotopic (exact) mass is 427 g/mol. The Bertz CT molecular complexity index is 971. The number of benzene rings is 1. The molecule has 1 heterocycles. The minimum Gasteiger partial charge on any atom is -0.330 e. The van der Waals surface area contributed by atoms with E-state index in [0.717, 1.165) is 5.69 Å². The average molecular weight is 428 g/mol. The van der Waals surface area contributed by atoms with E-state index in [2.05, 4.69) is 10.4 Å². The number of non-ortho nitro benzene ring substituents is 1. The van der Waals surface area contributed by atoms with Gasteiger partial charge in [-0.05, 0) is 30.2 Å². The number of nitro groups is 1. The van der Waals surface area contributed by atoms with Crippen LogP contribution in [-0.4, -0.2) is 44.5 Å². The molecule has 9 heteroatoms. The van der Waals surface area contributed by atoms with E-state index in [1.54, 1.807) is 29.9 Å². The quantitative estimate of drug-likeness (QED) is 0.394.